The standard InChI is InChI=1S/C23H29N3O2S/c27-21(24-15-14-17-7-2-1-3-8-17)12-13-22(28)26-16-6-10-19(26)23-25-18-9-4-5-11-20(18)29-23/h4-5,7,9,11,19H,1-3,6,8,10,12-16H2,(H,24,27). The third-order valence-electron chi connectivity index (χ3n) is 5.89. The maximum Gasteiger partial charge on any atom is 0.223 e. The molecule has 0 bridgehead atoms. The van der Waals surface area contributed by atoms with Crippen molar-refractivity contribution in [2.24, 2.45) is 0 Å². The molecule has 1 aliphatic heterocycles. The Morgan fingerprint density at radius 1 is 1.17 bits per heavy atom. The summed E-state index contributed by atoms with van der Waals surface area (Å²) in [6.07, 6.45) is 10.6. The van der Waals surface area contributed by atoms with Crippen LogP contribution in [0.4, 0.5) is 0 Å². The molecule has 0 saturated carbocycles. The number of rotatable bonds is 7. The number of thiazole rings is 1. The van der Waals surface area contributed by atoms with Crippen molar-refractivity contribution in [3.63, 3.8) is 0 Å². The lowest BCUT2D eigenvalue weighted by Crippen LogP contribution is -2.32. The first kappa shape index (κ1) is 20.1. The van der Waals surface area contributed by atoms with Crippen LogP contribution in [0.25, 0.3) is 10.2 Å². The Kier molecular flexibility index (Phi) is 6.60. The molecule has 1 unspecified atom stereocenters. The minimum atomic E-state index is -0.0227. The van der Waals surface area contributed by atoms with Gasteiger partial charge < -0.3 is 10.2 Å². The van der Waals surface area contributed by atoms with Crippen molar-refractivity contribution in [2.75, 3.05) is 13.1 Å². The lowest BCUT2D eigenvalue weighted by molar-refractivity contribution is -0.134. The first-order valence-electron chi connectivity index (χ1n) is 10.8. The van der Waals surface area contributed by atoms with Gasteiger partial charge in [-0.15, -0.1) is 11.3 Å². The van der Waals surface area contributed by atoms with Gasteiger partial charge in [-0.05, 0) is 57.1 Å². The van der Waals surface area contributed by atoms with E-state index < -0.39 is 0 Å². The Hall–Kier alpha value is -2.21. The van der Waals surface area contributed by atoms with Crippen molar-refractivity contribution in [2.45, 2.75) is 63.8 Å². The Labute approximate surface area is 176 Å². The van der Waals surface area contributed by atoms with Gasteiger partial charge in [0, 0.05) is 25.9 Å². The Bertz CT molecular complexity index is 871. The van der Waals surface area contributed by atoms with Crippen LogP contribution in [0.1, 0.15) is 68.8 Å². The van der Waals surface area contributed by atoms with Crippen LogP contribution >= 0.6 is 11.3 Å². The molecule has 4 rings (SSSR count). The van der Waals surface area contributed by atoms with E-state index in [-0.39, 0.29) is 30.7 Å². The fourth-order valence-electron chi connectivity index (χ4n) is 4.30. The average molecular weight is 412 g/mol. The Morgan fingerprint density at radius 3 is 2.90 bits per heavy atom. The van der Waals surface area contributed by atoms with E-state index in [1.54, 1.807) is 11.3 Å². The number of fused-ring (bicyclic) bond motifs is 1. The molecular formula is C23H29N3O2S. The van der Waals surface area contributed by atoms with E-state index in [1.165, 1.54) is 24.8 Å². The highest BCUT2D eigenvalue weighted by Gasteiger charge is 2.32. The van der Waals surface area contributed by atoms with Gasteiger partial charge in [0.15, 0.2) is 0 Å². The predicted octanol–water partition coefficient (Wildman–Crippen LogP) is 4.75. The number of carbonyl (C=O) groups excluding carboxylic acids is 2. The van der Waals surface area contributed by atoms with Crippen LogP contribution < -0.4 is 5.32 Å². The zero-order valence-electron chi connectivity index (χ0n) is 16.9. The molecule has 1 atom stereocenters. The maximum absolute atomic E-state index is 12.8. The first-order chi connectivity index (χ1) is 14.2. The number of amides is 2. The number of hydrogen-bond acceptors (Lipinski definition) is 4. The number of benzene rings is 1. The van der Waals surface area contributed by atoms with Gasteiger partial charge in [-0.25, -0.2) is 4.98 Å². The van der Waals surface area contributed by atoms with Crippen LogP contribution in [0.5, 0.6) is 0 Å². The monoisotopic (exact) mass is 411 g/mol. The van der Waals surface area contributed by atoms with Crippen LogP contribution in [0, 0.1) is 0 Å². The molecule has 1 fully saturated rings. The summed E-state index contributed by atoms with van der Waals surface area (Å²) in [4.78, 5) is 31.6. The van der Waals surface area contributed by atoms with Crippen LogP contribution in [0.2, 0.25) is 0 Å². The summed E-state index contributed by atoms with van der Waals surface area (Å²) in [6, 6.07) is 8.16. The van der Waals surface area contributed by atoms with E-state index in [1.807, 2.05) is 23.1 Å². The topological polar surface area (TPSA) is 62.3 Å². The highest BCUT2D eigenvalue weighted by Crippen LogP contribution is 2.36. The zero-order valence-corrected chi connectivity index (χ0v) is 17.7. The van der Waals surface area contributed by atoms with E-state index in [2.05, 4.69) is 17.5 Å². The van der Waals surface area contributed by atoms with Crippen molar-refractivity contribution < 1.29 is 9.59 Å². The van der Waals surface area contributed by atoms with Gasteiger partial charge in [-0.2, -0.15) is 0 Å². The Balaban J connectivity index is 1.26. The van der Waals surface area contributed by atoms with Gasteiger partial charge in [-0.1, -0.05) is 23.8 Å². The third-order valence-corrected chi connectivity index (χ3v) is 7.03. The largest absolute Gasteiger partial charge is 0.356 e. The van der Waals surface area contributed by atoms with Gasteiger partial charge in [0.25, 0.3) is 0 Å². The van der Waals surface area contributed by atoms with E-state index in [0.717, 1.165) is 47.5 Å². The highest BCUT2D eigenvalue weighted by molar-refractivity contribution is 7.18. The van der Waals surface area contributed by atoms with Crippen LogP contribution in [0.3, 0.4) is 0 Å². The lowest BCUT2D eigenvalue weighted by Gasteiger charge is -2.23. The number of nitrogens with zero attached hydrogens (tertiary/aromatic N) is 2. The fourth-order valence-corrected chi connectivity index (χ4v) is 5.42. The van der Waals surface area contributed by atoms with Crippen LogP contribution in [-0.2, 0) is 9.59 Å². The summed E-state index contributed by atoms with van der Waals surface area (Å²) in [5.74, 6) is 0.0439. The molecule has 6 heteroatoms. The lowest BCUT2D eigenvalue weighted by atomic mass is 9.97. The van der Waals surface area contributed by atoms with E-state index in [9.17, 15) is 9.59 Å². The van der Waals surface area contributed by atoms with Gasteiger partial charge in [0.1, 0.15) is 5.01 Å². The number of para-hydroxylation sites is 1. The summed E-state index contributed by atoms with van der Waals surface area (Å²) in [6.45, 7) is 1.44. The second-order valence-corrected chi connectivity index (χ2v) is 9.04. The molecule has 0 radical (unpaired) electrons. The van der Waals surface area contributed by atoms with Crippen LogP contribution in [0.15, 0.2) is 35.9 Å². The molecule has 29 heavy (non-hydrogen) atoms. The van der Waals surface area contributed by atoms with Crippen molar-refractivity contribution >= 4 is 33.4 Å². The summed E-state index contributed by atoms with van der Waals surface area (Å²) in [5, 5.41) is 3.99. The summed E-state index contributed by atoms with van der Waals surface area (Å²) >= 11 is 1.68. The van der Waals surface area contributed by atoms with Crippen LogP contribution in [-0.4, -0.2) is 34.8 Å². The smallest absolute Gasteiger partial charge is 0.223 e. The Morgan fingerprint density at radius 2 is 2.07 bits per heavy atom. The molecule has 1 saturated heterocycles. The number of carbonyl (C=O) groups is 2. The number of hydrogen-bond donors (Lipinski definition) is 1. The van der Waals surface area contributed by atoms with Gasteiger partial charge >= 0.3 is 0 Å². The molecule has 1 aliphatic carbocycles. The summed E-state index contributed by atoms with van der Waals surface area (Å²) < 4.78 is 1.16. The fraction of sp³-hybridized carbons (Fsp3) is 0.522. The molecule has 2 heterocycles. The van der Waals surface area contributed by atoms with E-state index in [0.29, 0.717) is 6.54 Å². The zero-order chi connectivity index (χ0) is 20.1. The quantitative estimate of drug-likeness (QED) is 0.669. The van der Waals surface area contributed by atoms with Gasteiger partial charge in [0.2, 0.25) is 11.8 Å². The minimum Gasteiger partial charge on any atom is -0.356 e. The summed E-state index contributed by atoms with van der Waals surface area (Å²) in [5.41, 5.74) is 2.46. The molecule has 154 valence electrons. The molecule has 2 aromatic rings. The molecule has 0 spiro atoms. The first-order valence-corrected chi connectivity index (χ1v) is 11.6. The number of likely N-dealkylation sites (tertiary alicyclic amines) is 1. The van der Waals surface area contributed by atoms with Crippen molar-refractivity contribution in [1.82, 2.24) is 15.2 Å². The molecule has 1 aromatic heterocycles. The second kappa shape index (κ2) is 9.53. The summed E-state index contributed by atoms with van der Waals surface area (Å²) in [7, 11) is 0. The third kappa shape index (κ3) is 5.04. The number of aromatic nitrogens is 1. The van der Waals surface area contributed by atoms with Crippen molar-refractivity contribution in [1.29, 1.82) is 0 Å². The van der Waals surface area contributed by atoms with Gasteiger partial charge in [0.05, 0.1) is 16.3 Å². The highest BCUT2D eigenvalue weighted by atomic mass is 32.1. The predicted molar refractivity (Wildman–Crippen MR) is 117 cm³/mol. The molecule has 5 nitrogen and oxygen atoms in total. The molecule has 2 aliphatic rings. The van der Waals surface area contributed by atoms with Crippen molar-refractivity contribution in [3.8, 4) is 0 Å². The average Bonchev–Trinajstić information content (AvgIpc) is 3.39. The number of allylic oxidation sites excluding steroid dienone is 1. The minimum absolute atomic E-state index is 0.0227. The van der Waals surface area contributed by atoms with Crippen molar-refractivity contribution in [3.05, 3.63) is 40.9 Å². The molecular weight excluding hydrogens is 382 g/mol. The normalized spacial score (nSPS) is 19.4. The maximum atomic E-state index is 12.8. The molecule has 2 amide bonds. The molecule has 1 N–H and O–H groups in total. The second-order valence-electron chi connectivity index (χ2n) is 7.97. The van der Waals surface area contributed by atoms with Gasteiger partial charge in [-0.3, -0.25) is 9.59 Å². The van der Waals surface area contributed by atoms with E-state index >= 15 is 0 Å². The molecule has 1 aromatic carbocycles. The SMILES string of the molecule is O=C(CCC(=O)N1CCCC1c1nc2ccccc2s1)NCCC1=CCCCC1. The number of nitrogens with one attached hydrogen (secondary N) is 1. The van der Waals surface area contributed by atoms with E-state index in [4.69, 9.17) is 4.98 Å².